The minimum absolute atomic E-state index is 0.0213. The van der Waals surface area contributed by atoms with Crippen molar-refractivity contribution in [2.45, 2.75) is 11.8 Å². The van der Waals surface area contributed by atoms with Crippen molar-refractivity contribution in [1.82, 2.24) is 10.4 Å². The van der Waals surface area contributed by atoms with Crippen LogP contribution in [0.15, 0.2) is 97.1 Å². The van der Waals surface area contributed by atoms with Crippen molar-refractivity contribution in [3.05, 3.63) is 124 Å². The third-order valence-electron chi connectivity index (χ3n) is 6.60. The molecule has 1 aliphatic carbocycles. The van der Waals surface area contributed by atoms with Crippen LogP contribution in [0, 0.1) is 22.0 Å². The minimum Gasteiger partial charge on any atom is -0.272 e. The lowest BCUT2D eigenvalue weighted by atomic mass is 9.68. The van der Waals surface area contributed by atoms with Gasteiger partial charge in [-0.3, -0.25) is 29.9 Å². The summed E-state index contributed by atoms with van der Waals surface area (Å²) >= 11 is 0. The summed E-state index contributed by atoms with van der Waals surface area (Å²) in [6.45, 7) is 0. The van der Waals surface area contributed by atoms with Gasteiger partial charge in [-0.2, -0.15) is 5.01 Å². The number of non-ortho nitro benzene ring substituents is 1. The zero-order valence-electron chi connectivity index (χ0n) is 18.5. The molecule has 1 N–H and O–H groups in total. The topological polar surface area (TPSA) is 110 Å². The Morgan fingerprint density at radius 2 is 1.29 bits per heavy atom. The van der Waals surface area contributed by atoms with Crippen LogP contribution in [0.1, 0.15) is 33.3 Å². The van der Waals surface area contributed by atoms with Crippen molar-refractivity contribution in [3.63, 3.8) is 0 Å². The summed E-state index contributed by atoms with van der Waals surface area (Å²) in [5, 5.41) is 11.9. The fraction of sp³-hybridized carbons (Fsp3) is 0.148. The fourth-order valence-corrected chi connectivity index (χ4v) is 4.97. The molecule has 1 saturated heterocycles. The molecule has 2 aliphatic rings. The van der Waals surface area contributed by atoms with E-state index in [4.69, 9.17) is 0 Å². The molecule has 4 unspecified atom stereocenters. The van der Waals surface area contributed by atoms with Gasteiger partial charge in [-0.15, -0.1) is 0 Å². The molecular formula is C27H21N3O5. The molecule has 1 heterocycles. The molecule has 8 heteroatoms. The second-order valence-corrected chi connectivity index (χ2v) is 8.57. The molecule has 3 aromatic carbocycles. The first-order valence-corrected chi connectivity index (χ1v) is 11.2. The zero-order chi connectivity index (χ0) is 24.5. The van der Waals surface area contributed by atoms with Crippen LogP contribution >= 0.6 is 0 Å². The van der Waals surface area contributed by atoms with Crippen LogP contribution in [-0.4, -0.2) is 27.7 Å². The third-order valence-corrected chi connectivity index (χ3v) is 6.60. The molecular weight excluding hydrogens is 446 g/mol. The number of allylic oxidation sites excluding steroid dienone is 2. The number of carbonyl (C=O) groups is 3. The van der Waals surface area contributed by atoms with E-state index in [-0.39, 0.29) is 23.1 Å². The largest absolute Gasteiger partial charge is 0.272 e. The summed E-state index contributed by atoms with van der Waals surface area (Å²) in [6, 6.07) is 24.1. The third kappa shape index (κ3) is 3.99. The van der Waals surface area contributed by atoms with Crippen LogP contribution < -0.4 is 5.43 Å². The van der Waals surface area contributed by atoms with E-state index in [2.05, 4.69) is 5.43 Å². The van der Waals surface area contributed by atoms with E-state index < -0.39 is 34.5 Å². The Kier molecular flexibility index (Phi) is 5.70. The van der Waals surface area contributed by atoms with Gasteiger partial charge in [0, 0.05) is 29.5 Å². The summed E-state index contributed by atoms with van der Waals surface area (Å²) in [5.74, 6) is -3.85. The molecule has 0 saturated carbocycles. The predicted octanol–water partition coefficient (Wildman–Crippen LogP) is 3.98. The molecule has 0 bridgehead atoms. The van der Waals surface area contributed by atoms with Gasteiger partial charge in [0.1, 0.15) is 0 Å². The first-order chi connectivity index (χ1) is 17.0. The highest BCUT2D eigenvalue weighted by molar-refractivity contribution is 6.09. The SMILES string of the molecule is O=C(NN1C(=O)C2C(c3ccccc3)C=CC(c3ccccc3)C2C1=O)c1cccc([N+](=O)[O-])c1. The maximum absolute atomic E-state index is 13.6. The summed E-state index contributed by atoms with van der Waals surface area (Å²) in [7, 11) is 0. The highest BCUT2D eigenvalue weighted by atomic mass is 16.6. The zero-order valence-corrected chi connectivity index (χ0v) is 18.5. The lowest BCUT2D eigenvalue weighted by Gasteiger charge is -2.32. The molecule has 8 nitrogen and oxygen atoms in total. The number of nitro groups is 1. The van der Waals surface area contributed by atoms with E-state index in [1.54, 1.807) is 0 Å². The Morgan fingerprint density at radius 1 is 0.771 bits per heavy atom. The van der Waals surface area contributed by atoms with Crippen molar-refractivity contribution >= 4 is 23.4 Å². The first kappa shape index (κ1) is 22.2. The van der Waals surface area contributed by atoms with Crippen LogP contribution in [0.2, 0.25) is 0 Å². The molecule has 0 radical (unpaired) electrons. The predicted molar refractivity (Wildman–Crippen MR) is 127 cm³/mol. The van der Waals surface area contributed by atoms with Crippen molar-refractivity contribution in [1.29, 1.82) is 0 Å². The van der Waals surface area contributed by atoms with E-state index in [9.17, 15) is 24.5 Å². The average Bonchev–Trinajstić information content (AvgIpc) is 3.14. The molecule has 174 valence electrons. The Bertz CT molecular complexity index is 1270. The van der Waals surface area contributed by atoms with Gasteiger partial charge in [-0.05, 0) is 17.2 Å². The number of fused-ring (bicyclic) bond motifs is 1. The number of benzene rings is 3. The number of nitrogens with zero attached hydrogens (tertiary/aromatic N) is 2. The number of nitro benzene ring substituents is 1. The van der Waals surface area contributed by atoms with E-state index in [0.29, 0.717) is 0 Å². The molecule has 0 spiro atoms. The van der Waals surface area contributed by atoms with Crippen LogP contribution in [0.25, 0.3) is 0 Å². The highest BCUT2D eigenvalue weighted by Gasteiger charge is 2.55. The number of rotatable bonds is 5. The van der Waals surface area contributed by atoms with Crippen molar-refractivity contribution in [2.75, 3.05) is 0 Å². The normalized spacial score (nSPS) is 23.1. The molecule has 3 aromatic rings. The Morgan fingerprint density at radius 3 is 1.77 bits per heavy atom. The highest BCUT2D eigenvalue weighted by Crippen LogP contribution is 2.48. The van der Waals surface area contributed by atoms with Crippen LogP contribution in [0.5, 0.6) is 0 Å². The van der Waals surface area contributed by atoms with Gasteiger partial charge < -0.3 is 0 Å². The second-order valence-electron chi connectivity index (χ2n) is 8.57. The lowest BCUT2D eigenvalue weighted by molar-refractivity contribution is -0.384. The molecule has 0 aromatic heterocycles. The molecule has 4 atom stereocenters. The number of imide groups is 1. The van der Waals surface area contributed by atoms with Gasteiger partial charge in [0.15, 0.2) is 0 Å². The van der Waals surface area contributed by atoms with E-state index in [1.807, 2.05) is 72.8 Å². The van der Waals surface area contributed by atoms with Crippen molar-refractivity contribution in [3.8, 4) is 0 Å². The van der Waals surface area contributed by atoms with Crippen molar-refractivity contribution < 1.29 is 19.3 Å². The Hall–Kier alpha value is -4.59. The van der Waals surface area contributed by atoms with Crippen LogP contribution in [-0.2, 0) is 9.59 Å². The smallest absolute Gasteiger partial charge is 0.270 e. The molecule has 35 heavy (non-hydrogen) atoms. The number of nitrogens with one attached hydrogen (secondary N) is 1. The standard InChI is InChI=1S/C27H21N3O5/c31-25(19-12-7-13-20(16-19)30(34)35)28-29-26(32)23-21(17-8-3-1-4-9-17)14-15-22(24(23)27(29)33)18-10-5-2-6-11-18/h1-16,21-24H,(H,28,31). The summed E-state index contributed by atoms with van der Waals surface area (Å²) in [6.07, 6.45) is 3.93. The minimum atomic E-state index is -0.769. The number of hydrazine groups is 1. The average molecular weight is 467 g/mol. The number of hydrogen-bond acceptors (Lipinski definition) is 5. The van der Waals surface area contributed by atoms with Crippen molar-refractivity contribution in [2.24, 2.45) is 11.8 Å². The second kappa shape index (κ2) is 8.98. The first-order valence-electron chi connectivity index (χ1n) is 11.2. The maximum atomic E-state index is 13.6. The Balaban J connectivity index is 1.50. The van der Waals surface area contributed by atoms with Crippen LogP contribution in [0.3, 0.4) is 0 Å². The van der Waals surface area contributed by atoms with E-state index in [1.165, 1.54) is 18.2 Å². The lowest BCUT2D eigenvalue weighted by Crippen LogP contribution is -2.46. The monoisotopic (exact) mass is 467 g/mol. The van der Waals surface area contributed by atoms with Crippen LogP contribution in [0.4, 0.5) is 5.69 Å². The van der Waals surface area contributed by atoms with Gasteiger partial charge in [0.2, 0.25) is 0 Å². The van der Waals surface area contributed by atoms with E-state index >= 15 is 0 Å². The summed E-state index contributed by atoms with van der Waals surface area (Å²) in [5.41, 5.74) is 3.93. The van der Waals surface area contributed by atoms with Gasteiger partial charge in [0.05, 0.1) is 16.8 Å². The quantitative estimate of drug-likeness (QED) is 0.264. The summed E-state index contributed by atoms with van der Waals surface area (Å²) in [4.78, 5) is 50.6. The molecule has 5 rings (SSSR count). The van der Waals surface area contributed by atoms with Gasteiger partial charge >= 0.3 is 0 Å². The van der Waals surface area contributed by atoms with E-state index in [0.717, 1.165) is 22.2 Å². The molecule has 1 aliphatic heterocycles. The maximum Gasteiger partial charge on any atom is 0.270 e. The number of amides is 3. The van der Waals surface area contributed by atoms with Gasteiger partial charge in [-0.25, -0.2) is 0 Å². The Labute approximate surface area is 201 Å². The fourth-order valence-electron chi connectivity index (χ4n) is 4.97. The van der Waals surface area contributed by atoms with Gasteiger partial charge in [0.25, 0.3) is 23.4 Å². The molecule has 3 amide bonds. The van der Waals surface area contributed by atoms with Gasteiger partial charge in [-0.1, -0.05) is 78.9 Å². The number of hydrogen-bond donors (Lipinski definition) is 1. The number of carbonyl (C=O) groups excluding carboxylic acids is 3. The molecule has 1 fully saturated rings. The summed E-state index contributed by atoms with van der Waals surface area (Å²) < 4.78 is 0.